The smallest absolute Gasteiger partial charge is 0.288 e. The monoisotopic (exact) mass is 455 g/mol. The average molecular weight is 456 g/mol. The molecule has 2 aliphatic rings. The van der Waals surface area contributed by atoms with Gasteiger partial charge in [-0.1, -0.05) is 0 Å². The van der Waals surface area contributed by atoms with Crippen LogP contribution in [0.5, 0.6) is 0 Å². The molecule has 1 fully saturated rings. The van der Waals surface area contributed by atoms with Crippen molar-refractivity contribution in [1.82, 2.24) is 4.90 Å². The second kappa shape index (κ2) is 13.1. The lowest BCUT2D eigenvalue weighted by molar-refractivity contribution is -0.173. The Balaban J connectivity index is 1.69. The van der Waals surface area contributed by atoms with Crippen molar-refractivity contribution in [3.05, 3.63) is 34.2 Å². The second-order valence-corrected chi connectivity index (χ2v) is 8.14. The number of ether oxygens (including phenoxy) is 5. The number of hydrogen-bond donors (Lipinski definition) is 1. The maximum Gasteiger partial charge on any atom is 0.288 e. The molecule has 0 saturated carbocycles. The quantitative estimate of drug-likeness (QED) is 0.483. The van der Waals surface area contributed by atoms with E-state index in [1.165, 1.54) is 0 Å². The molecule has 3 heterocycles. The standard InChI is InChI=1S/C22H33NO7S/c1-2-29-22-18(3-8-26-12-13-28-11-7-24)19(17-4-14-31-16-17)15-20(30-22)21(25)23-5-9-27-10-6-23/h4,14-16,18-19,22,24H,2-3,5-13H2,1H3/t18-,19-,22-/m0/s1. The van der Waals surface area contributed by atoms with Crippen molar-refractivity contribution >= 4 is 17.2 Å². The Kier molecular flexibility index (Phi) is 10.2. The fourth-order valence-corrected chi connectivity index (χ4v) is 4.51. The molecule has 0 aromatic carbocycles. The van der Waals surface area contributed by atoms with Gasteiger partial charge in [-0.2, -0.15) is 11.3 Å². The molecule has 1 aromatic rings. The van der Waals surface area contributed by atoms with E-state index in [2.05, 4.69) is 11.4 Å². The van der Waals surface area contributed by atoms with Crippen LogP contribution < -0.4 is 0 Å². The van der Waals surface area contributed by atoms with Crippen LogP contribution in [-0.4, -0.2) is 88.1 Å². The number of hydrogen-bond acceptors (Lipinski definition) is 8. The largest absolute Gasteiger partial charge is 0.459 e. The van der Waals surface area contributed by atoms with Crippen LogP contribution in [0.4, 0.5) is 0 Å². The molecule has 0 radical (unpaired) electrons. The first-order valence-electron chi connectivity index (χ1n) is 10.9. The Labute approximate surface area is 187 Å². The Hall–Kier alpha value is -1.49. The van der Waals surface area contributed by atoms with Crippen molar-refractivity contribution in [2.75, 3.05) is 65.9 Å². The van der Waals surface area contributed by atoms with Crippen LogP contribution in [0.1, 0.15) is 24.8 Å². The lowest BCUT2D eigenvalue weighted by Gasteiger charge is -2.38. The zero-order valence-corrected chi connectivity index (χ0v) is 18.9. The number of carbonyl (C=O) groups is 1. The molecule has 174 valence electrons. The minimum Gasteiger partial charge on any atom is -0.459 e. The summed E-state index contributed by atoms with van der Waals surface area (Å²) >= 11 is 1.64. The topological polar surface area (TPSA) is 86.7 Å². The first-order valence-corrected chi connectivity index (χ1v) is 11.8. The van der Waals surface area contributed by atoms with E-state index in [1.54, 1.807) is 16.2 Å². The van der Waals surface area contributed by atoms with Crippen LogP contribution in [0, 0.1) is 5.92 Å². The molecule has 3 atom stereocenters. The van der Waals surface area contributed by atoms with E-state index in [0.717, 1.165) is 12.0 Å². The predicted molar refractivity (Wildman–Crippen MR) is 116 cm³/mol. The van der Waals surface area contributed by atoms with Gasteiger partial charge in [0, 0.05) is 38.1 Å². The fourth-order valence-electron chi connectivity index (χ4n) is 3.80. The third kappa shape index (κ3) is 7.00. The van der Waals surface area contributed by atoms with Gasteiger partial charge in [0.05, 0.1) is 39.6 Å². The molecule has 8 nitrogen and oxygen atoms in total. The van der Waals surface area contributed by atoms with Crippen molar-refractivity contribution in [2.24, 2.45) is 5.92 Å². The second-order valence-electron chi connectivity index (χ2n) is 7.36. The molecule has 0 aliphatic carbocycles. The Morgan fingerprint density at radius 3 is 2.68 bits per heavy atom. The van der Waals surface area contributed by atoms with Crippen LogP contribution in [0.25, 0.3) is 0 Å². The molecule has 31 heavy (non-hydrogen) atoms. The zero-order valence-electron chi connectivity index (χ0n) is 18.1. The molecule has 1 amide bonds. The molecule has 0 spiro atoms. The van der Waals surface area contributed by atoms with Crippen LogP contribution in [0.2, 0.25) is 0 Å². The van der Waals surface area contributed by atoms with Crippen LogP contribution in [0.3, 0.4) is 0 Å². The molecule has 9 heteroatoms. The third-order valence-corrected chi connectivity index (χ3v) is 6.06. The molecule has 0 unspecified atom stereocenters. The summed E-state index contributed by atoms with van der Waals surface area (Å²) in [7, 11) is 0. The van der Waals surface area contributed by atoms with E-state index < -0.39 is 6.29 Å². The van der Waals surface area contributed by atoms with Crippen molar-refractivity contribution in [2.45, 2.75) is 25.6 Å². The van der Waals surface area contributed by atoms with Crippen molar-refractivity contribution in [3.63, 3.8) is 0 Å². The van der Waals surface area contributed by atoms with Gasteiger partial charge >= 0.3 is 0 Å². The highest BCUT2D eigenvalue weighted by molar-refractivity contribution is 7.08. The van der Waals surface area contributed by atoms with E-state index >= 15 is 0 Å². The predicted octanol–water partition coefficient (Wildman–Crippen LogP) is 2.00. The summed E-state index contributed by atoms with van der Waals surface area (Å²) in [4.78, 5) is 14.9. The fraction of sp³-hybridized carbons (Fsp3) is 0.682. The molecule has 2 aliphatic heterocycles. The van der Waals surface area contributed by atoms with E-state index in [-0.39, 0.29) is 24.3 Å². The van der Waals surface area contributed by atoms with Gasteiger partial charge in [0.1, 0.15) is 0 Å². The van der Waals surface area contributed by atoms with Gasteiger partial charge in [-0.25, -0.2) is 0 Å². The van der Waals surface area contributed by atoms with Gasteiger partial charge in [-0.15, -0.1) is 0 Å². The Morgan fingerprint density at radius 1 is 1.23 bits per heavy atom. The molecular weight excluding hydrogens is 422 g/mol. The lowest BCUT2D eigenvalue weighted by Crippen LogP contribution is -2.44. The van der Waals surface area contributed by atoms with Gasteiger partial charge in [0.25, 0.3) is 5.91 Å². The van der Waals surface area contributed by atoms with E-state index in [0.29, 0.717) is 65.1 Å². The van der Waals surface area contributed by atoms with Gasteiger partial charge in [0.2, 0.25) is 6.29 Å². The van der Waals surface area contributed by atoms with Gasteiger partial charge in [0.15, 0.2) is 5.76 Å². The molecule has 3 rings (SSSR count). The summed E-state index contributed by atoms with van der Waals surface area (Å²) in [5, 5.41) is 12.9. The highest BCUT2D eigenvalue weighted by atomic mass is 32.1. The van der Waals surface area contributed by atoms with E-state index in [9.17, 15) is 4.79 Å². The number of carbonyl (C=O) groups excluding carboxylic acids is 1. The number of aliphatic hydroxyl groups excluding tert-OH is 1. The molecule has 1 N–H and O–H groups in total. The molecule has 1 aromatic heterocycles. The van der Waals surface area contributed by atoms with Gasteiger partial charge in [-0.3, -0.25) is 4.79 Å². The highest BCUT2D eigenvalue weighted by Crippen LogP contribution is 2.39. The third-order valence-electron chi connectivity index (χ3n) is 5.36. The minimum atomic E-state index is -0.519. The summed E-state index contributed by atoms with van der Waals surface area (Å²) in [5.41, 5.74) is 1.15. The number of allylic oxidation sites excluding steroid dienone is 1. The van der Waals surface area contributed by atoms with Gasteiger partial charge < -0.3 is 33.7 Å². The van der Waals surface area contributed by atoms with Crippen molar-refractivity contribution < 1.29 is 33.6 Å². The summed E-state index contributed by atoms with van der Waals surface area (Å²) in [6.45, 7) is 6.41. The molecule has 0 bridgehead atoms. The Morgan fingerprint density at radius 2 is 2.00 bits per heavy atom. The maximum atomic E-state index is 13.1. The summed E-state index contributed by atoms with van der Waals surface area (Å²) < 4.78 is 28.3. The van der Waals surface area contributed by atoms with Crippen molar-refractivity contribution in [1.29, 1.82) is 0 Å². The van der Waals surface area contributed by atoms with Crippen LogP contribution in [0.15, 0.2) is 28.7 Å². The number of thiophene rings is 1. The van der Waals surface area contributed by atoms with E-state index in [1.807, 2.05) is 18.4 Å². The number of amides is 1. The average Bonchev–Trinajstić information content (AvgIpc) is 3.34. The molecular formula is C22H33NO7S. The maximum absolute atomic E-state index is 13.1. The zero-order chi connectivity index (χ0) is 21.9. The first-order chi connectivity index (χ1) is 15.2. The SMILES string of the molecule is CCO[C@H]1OC(C(=O)N2CCOCC2)=C[C@@H](c2ccsc2)[C@@H]1CCOCCOCCO. The van der Waals surface area contributed by atoms with Crippen molar-refractivity contribution in [3.8, 4) is 0 Å². The summed E-state index contributed by atoms with van der Waals surface area (Å²) in [5.74, 6) is 0.273. The number of nitrogens with zero attached hydrogens (tertiary/aromatic N) is 1. The highest BCUT2D eigenvalue weighted by Gasteiger charge is 2.39. The number of aliphatic hydroxyl groups is 1. The normalized spacial score (nSPS) is 24.0. The lowest BCUT2D eigenvalue weighted by atomic mass is 9.82. The first kappa shape index (κ1) is 24.2. The molecule has 1 saturated heterocycles. The minimum absolute atomic E-state index is 0.00535. The van der Waals surface area contributed by atoms with E-state index in [4.69, 9.17) is 28.8 Å². The number of rotatable bonds is 12. The number of morpholine rings is 1. The van der Waals surface area contributed by atoms with Crippen LogP contribution >= 0.6 is 11.3 Å². The Bertz CT molecular complexity index is 675. The van der Waals surface area contributed by atoms with Gasteiger partial charge in [-0.05, 0) is 41.8 Å². The summed E-state index contributed by atoms with van der Waals surface area (Å²) in [6.07, 6.45) is 2.15. The van der Waals surface area contributed by atoms with Crippen LogP contribution in [-0.2, 0) is 28.5 Å². The summed E-state index contributed by atoms with van der Waals surface area (Å²) in [6, 6.07) is 2.09.